The zero-order valence-electron chi connectivity index (χ0n) is 16.2. The number of hydrogen-bond acceptors (Lipinski definition) is 5. The summed E-state index contributed by atoms with van der Waals surface area (Å²) >= 11 is 6.48. The number of likely N-dealkylation sites (N-methyl/N-ethyl adjacent to an activating group) is 1. The molecule has 4 nitrogen and oxygen atoms in total. The van der Waals surface area contributed by atoms with Crippen LogP contribution in [-0.4, -0.2) is 35.4 Å². The van der Waals surface area contributed by atoms with Crippen LogP contribution < -0.4 is 9.47 Å². The second-order valence-electron chi connectivity index (χ2n) is 6.56. The van der Waals surface area contributed by atoms with Gasteiger partial charge in [-0.2, -0.15) is 0 Å². The number of carbonyl (C=O) groups is 1. The molecule has 28 heavy (non-hydrogen) atoms. The molecular weight excluding hydrogens is 390 g/mol. The molecule has 1 saturated heterocycles. The summed E-state index contributed by atoms with van der Waals surface area (Å²) in [6, 6.07) is 13.8. The van der Waals surface area contributed by atoms with E-state index in [2.05, 4.69) is 19.9 Å². The van der Waals surface area contributed by atoms with E-state index in [4.69, 9.17) is 21.7 Å². The Bertz CT molecular complexity index is 924. The topological polar surface area (TPSA) is 38.8 Å². The highest BCUT2D eigenvalue weighted by Crippen LogP contribution is 2.31. The Labute approximate surface area is 175 Å². The van der Waals surface area contributed by atoms with Crippen molar-refractivity contribution in [1.29, 1.82) is 0 Å². The fourth-order valence-corrected chi connectivity index (χ4v) is 3.88. The lowest BCUT2D eigenvalue weighted by molar-refractivity contribution is -0.121. The molecule has 1 amide bonds. The number of benzene rings is 2. The molecule has 0 N–H and O–H groups in total. The van der Waals surface area contributed by atoms with Gasteiger partial charge in [-0.1, -0.05) is 48.2 Å². The second-order valence-corrected chi connectivity index (χ2v) is 8.24. The molecule has 6 heteroatoms. The van der Waals surface area contributed by atoms with Crippen LogP contribution in [0.5, 0.6) is 11.5 Å². The van der Waals surface area contributed by atoms with Crippen LogP contribution in [0.4, 0.5) is 0 Å². The monoisotopic (exact) mass is 413 g/mol. The fourth-order valence-electron chi connectivity index (χ4n) is 2.70. The van der Waals surface area contributed by atoms with Crippen LogP contribution in [0.25, 0.3) is 6.08 Å². The number of thiocarbonyl (C=S) groups is 1. The number of ether oxygens (including phenoxy) is 2. The van der Waals surface area contributed by atoms with E-state index in [1.165, 1.54) is 27.8 Å². The predicted molar refractivity (Wildman–Crippen MR) is 119 cm³/mol. The molecule has 1 heterocycles. The van der Waals surface area contributed by atoms with Crippen molar-refractivity contribution in [3.05, 3.63) is 64.1 Å². The highest BCUT2D eigenvalue weighted by Gasteiger charge is 2.28. The minimum atomic E-state index is -0.0649. The molecule has 1 fully saturated rings. The molecule has 0 unspecified atom stereocenters. The van der Waals surface area contributed by atoms with Crippen molar-refractivity contribution in [3.63, 3.8) is 0 Å². The number of thioether (sulfide) groups is 1. The van der Waals surface area contributed by atoms with Crippen LogP contribution in [0, 0.1) is 13.8 Å². The van der Waals surface area contributed by atoms with Gasteiger partial charge in [-0.05, 0) is 54.8 Å². The van der Waals surface area contributed by atoms with Gasteiger partial charge in [-0.3, -0.25) is 9.69 Å². The minimum absolute atomic E-state index is 0.0649. The van der Waals surface area contributed by atoms with Crippen molar-refractivity contribution in [2.24, 2.45) is 0 Å². The van der Waals surface area contributed by atoms with Gasteiger partial charge in [0.1, 0.15) is 15.8 Å². The summed E-state index contributed by atoms with van der Waals surface area (Å²) in [6.45, 7) is 5.31. The Kier molecular flexibility index (Phi) is 6.75. The summed E-state index contributed by atoms with van der Waals surface area (Å²) in [4.78, 5) is 14.2. The second kappa shape index (κ2) is 9.26. The number of amides is 1. The molecule has 1 aliphatic heterocycles. The van der Waals surface area contributed by atoms with Gasteiger partial charge in [-0.15, -0.1) is 0 Å². The van der Waals surface area contributed by atoms with E-state index >= 15 is 0 Å². The van der Waals surface area contributed by atoms with Gasteiger partial charge in [0.15, 0.2) is 0 Å². The van der Waals surface area contributed by atoms with E-state index in [-0.39, 0.29) is 5.91 Å². The Morgan fingerprint density at radius 1 is 1.11 bits per heavy atom. The maximum Gasteiger partial charge on any atom is 0.265 e. The SMILES string of the molecule is Cc1cccc(OCCCOc2cccc(/C=C3/SC(=S)N(C)C3=O)c2)c1C. The highest BCUT2D eigenvalue weighted by molar-refractivity contribution is 8.26. The molecule has 0 atom stereocenters. The van der Waals surface area contributed by atoms with E-state index in [1.807, 2.05) is 42.5 Å². The highest BCUT2D eigenvalue weighted by atomic mass is 32.2. The van der Waals surface area contributed by atoms with E-state index in [0.717, 1.165) is 23.5 Å². The van der Waals surface area contributed by atoms with Crippen LogP contribution in [0.2, 0.25) is 0 Å². The number of carbonyl (C=O) groups excluding carboxylic acids is 1. The largest absolute Gasteiger partial charge is 0.493 e. The first kappa shape index (κ1) is 20.4. The summed E-state index contributed by atoms with van der Waals surface area (Å²) in [5.74, 6) is 1.63. The first-order valence-electron chi connectivity index (χ1n) is 9.09. The van der Waals surface area contributed by atoms with E-state index in [9.17, 15) is 4.79 Å². The van der Waals surface area contributed by atoms with Crippen LogP contribution >= 0.6 is 24.0 Å². The first-order chi connectivity index (χ1) is 13.5. The molecule has 0 radical (unpaired) electrons. The molecule has 2 aromatic rings. The molecular formula is C22H23NO3S2. The zero-order chi connectivity index (χ0) is 20.1. The van der Waals surface area contributed by atoms with Crippen molar-refractivity contribution in [2.75, 3.05) is 20.3 Å². The number of aryl methyl sites for hydroxylation is 1. The Hall–Kier alpha value is -2.31. The van der Waals surface area contributed by atoms with Gasteiger partial charge >= 0.3 is 0 Å². The number of rotatable bonds is 7. The van der Waals surface area contributed by atoms with Gasteiger partial charge in [0, 0.05) is 13.5 Å². The average molecular weight is 414 g/mol. The number of nitrogens with zero attached hydrogens (tertiary/aromatic N) is 1. The normalized spacial score (nSPS) is 15.4. The summed E-state index contributed by atoms with van der Waals surface area (Å²) in [6.07, 6.45) is 2.63. The van der Waals surface area contributed by atoms with Crippen LogP contribution in [0.15, 0.2) is 47.4 Å². The summed E-state index contributed by atoms with van der Waals surface area (Å²) in [5.41, 5.74) is 3.32. The lowest BCUT2D eigenvalue weighted by atomic mass is 10.1. The van der Waals surface area contributed by atoms with Crippen molar-refractivity contribution < 1.29 is 14.3 Å². The van der Waals surface area contributed by atoms with Crippen LogP contribution in [0.1, 0.15) is 23.1 Å². The van der Waals surface area contributed by atoms with Gasteiger partial charge in [0.2, 0.25) is 0 Å². The summed E-state index contributed by atoms with van der Waals surface area (Å²) in [7, 11) is 1.69. The van der Waals surface area contributed by atoms with Crippen molar-refractivity contribution in [2.45, 2.75) is 20.3 Å². The van der Waals surface area contributed by atoms with Crippen molar-refractivity contribution >= 4 is 40.3 Å². The lowest BCUT2D eigenvalue weighted by Gasteiger charge is -2.11. The van der Waals surface area contributed by atoms with Gasteiger partial charge in [0.25, 0.3) is 5.91 Å². The van der Waals surface area contributed by atoms with Gasteiger partial charge in [-0.25, -0.2) is 0 Å². The Balaban J connectivity index is 1.51. The Morgan fingerprint density at radius 3 is 2.61 bits per heavy atom. The average Bonchev–Trinajstić information content (AvgIpc) is 2.92. The third-order valence-electron chi connectivity index (χ3n) is 4.51. The number of hydrogen-bond donors (Lipinski definition) is 0. The molecule has 0 bridgehead atoms. The smallest absolute Gasteiger partial charge is 0.265 e. The van der Waals surface area contributed by atoms with Crippen molar-refractivity contribution in [1.82, 2.24) is 4.90 Å². The quantitative estimate of drug-likeness (QED) is 0.364. The fraction of sp³-hybridized carbons (Fsp3) is 0.273. The maximum absolute atomic E-state index is 12.1. The van der Waals surface area contributed by atoms with Gasteiger partial charge in [0.05, 0.1) is 18.1 Å². The van der Waals surface area contributed by atoms with Gasteiger partial charge < -0.3 is 9.47 Å². The van der Waals surface area contributed by atoms with E-state index in [1.54, 1.807) is 7.05 Å². The molecule has 0 aromatic heterocycles. The standard InChI is InChI=1S/C22H23NO3S2/c1-15-7-4-10-19(16(15)2)26-12-6-11-25-18-9-5-8-17(13-18)14-20-21(24)23(3)22(27)28-20/h4-5,7-10,13-14H,6,11-12H2,1-3H3/b20-14+. The molecule has 3 rings (SSSR count). The first-order valence-corrected chi connectivity index (χ1v) is 10.3. The molecule has 1 aliphatic rings. The third kappa shape index (κ3) is 4.94. The zero-order valence-corrected chi connectivity index (χ0v) is 17.9. The predicted octanol–water partition coefficient (Wildman–Crippen LogP) is 4.98. The molecule has 0 aliphatic carbocycles. The minimum Gasteiger partial charge on any atom is -0.493 e. The van der Waals surface area contributed by atoms with Crippen molar-refractivity contribution in [3.8, 4) is 11.5 Å². The lowest BCUT2D eigenvalue weighted by Crippen LogP contribution is -2.22. The molecule has 146 valence electrons. The molecule has 0 saturated carbocycles. The molecule has 0 spiro atoms. The Morgan fingerprint density at radius 2 is 1.86 bits per heavy atom. The third-order valence-corrected chi connectivity index (χ3v) is 6.00. The van der Waals surface area contributed by atoms with Crippen LogP contribution in [0.3, 0.4) is 0 Å². The summed E-state index contributed by atoms with van der Waals surface area (Å²) < 4.78 is 12.3. The maximum atomic E-state index is 12.1. The van der Waals surface area contributed by atoms with Crippen LogP contribution in [-0.2, 0) is 4.79 Å². The molecule has 2 aromatic carbocycles. The van der Waals surface area contributed by atoms with E-state index < -0.39 is 0 Å². The van der Waals surface area contributed by atoms with E-state index in [0.29, 0.717) is 22.4 Å². The summed E-state index contributed by atoms with van der Waals surface area (Å²) in [5, 5.41) is 0.